The molecule has 1 saturated heterocycles. The molecule has 4 aliphatic heterocycles. The van der Waals surface area contributed by atoms with Crippen molar-refractivity contribution in [2.24, 2.45) is 0 Å². The van der Waals surface area contributed by atoms with E-state index in [-0.39, 0.29) is 12.8 Å². The predicted octanol–water partition coefficient (Wildman–Crippen LogP) is 4.71. The summed E-state index contributed by atoms with van der Waals surface area (Å²) in [5.41, 5.74) is 7.80. The van der Waals surface area contributed by atoms with E-state index in [2.05, 4.69) is 63.9 Å². The van der Waals surface area contributed by atoms with E-state index in [9.17, 15) is 0 Å². The maximum Gasteiger partial charge on any atom is 0.231 e. The molecule has 1 fully saturated rings. The Balaban J connectivity index is 1.21. The zero-order valence-electron chi connectivity index (χ0n) is 20.3. The molecule has 0 saturated carbocycles. The van der Waals surface area contributed by atoms with Gasteiger partial charge in [0.05, 0.1) is 18.8 Å². The van der Waals surface area contributed by atoms with Gasteiger partial charge in [-0.3, -0.25) is 4.90 Å². The molecule has 0 aliphatic carbocycles. The molecule has 7 nitrogen and oxygen atoms in total. The van der Waals surface area contributed by atoms with Gasteiger partial charge in [-0.15, -0.1) is 0 Å². The number of nitrogens with one attached hydrogen (secondary N) is 1. The summed E-state index contributed by atoms with van der Waals surface area (Å²) in [6.45, 7) is 3.12. The Labute approximate surface area is 210 Å². The summed E-state index contributed by atoms with van der Waals surface area (Å²) in [5, 5.41) is 2.31. The minimum Gasteiger partial charge on any atom is -0.493 e. The summed E-state index contributed by atoms with van der Waals surface area (Å²) in [7, 11) is 1.71. The fourth-order valence-electron chi connectivity index (χ4n) is 5.80. The number of likely N-dealkylation sites (tertiary alicyclic amines) is 1. The third-order valence-electron chi connectivity index (χ3n) is 7.69. The maximum atomic E-state index is 6.89. The summed E-state index contributed by atoms with van der Waals surface area (Å²) in [6, 6.07) is 23.0. The number of fused-ring (bicyclic) bond motifs is 5. The lowest BCUT2D eigenvalue weighted by atomic mass is 9.92. The largest absolute Gasteiger partial charge is 0.493 e. The zero-order valence-corrected chi connectivity index (χ0v) is 20.3. The number of para-hydroxylation sites is 1. The highest BCUT2D eigenvalue weighted by Gasteiger charge is 2.52. The predicted molar refractivity (Wildman–Crippen MR) is 136 cm³/mol. The Hall–Kier alpha value is -3.68. The van der Waals surface area contributed by atoms with E-state index in [0.29, 0.717) is 0 Å². The zero-order chi connectivity index (χ0) is 24.1. The highest BCUT2D eigenvalue weighted by atomic mass is 16.7. The molecule has 1 spiro atoms. The molecule has 0 bridgehead atoms. The Morgan fingerprint density at radius 2 is 1.81 bits per heavy atom. The van der Waals surface area contributed by atoms with Crippen LogP contribution in [0.4, 0.5) is 0 Å². The van der Waals surface area contributed by atoms with Gasteiger partial charge in [-0.2, -0.15) is 5.01 Å². The smallest absolute Gasteiger partial charge is 0.231 e. The van der Waals surface area contributed by atoms with Gasteiger partial charge in [-0.05, 0) is 35.9 Å². The van der Waals surface area contributed by atoms with E-state index in [1.807, 2.05) is 24.3 Å². The Morgan fingerprint density at radius 1 is 0.972 bits per heavy atom. The first-order chi connectivity index (χ1) is 17.7. The highest BCUT2D eigenvalue weighted by Crippen LogP contribution is 2.51. The van der Waals surface area contributed by atoms with Crippen LogP contribution < -0.4 is 24.4 Å². The average molecular weight is 484 g/mol. The van der Waals surface area contributed by atoms with Crippen LogP contribution in [-0.4, -0.2) is 42.6 Å². The number of rotatable bonds is 4. The summed E-state index contributed by atoms with van der Waals surface area (Å²) in [4.78, 5) is 2.51. The summed E-state index contributed by atoms with van der Waals surface area (Å²) in [5.74, 6) is 3.20. The van der Waals surface area contributed by atoms with Crippen LogP contribution in [0.1, 0.15) is 35.6 Å². The number of hydrazine groups is 1. The van der Waals surface area contributed by atoms with Gasteiger partial charge in [-0.1, -0.05) is 42.5 Å². The number of hydrogen-bond acceptors (Lipinski definition) is 7. The monoisotopic (exact) mass is 483 g/mol. The molecule has 3 aromatic rings. The Bertz CT molecular complexity index is 1320. The minimum atomic E-state index is -0.478. The van der Waals surface area contributed by atoms with E-state index in [0.717, 1.165) is 72.3 Å². The van der Waals surface area contributed by atoms with Gasteiger partial charge in [0, 0.05) is 43.6 Å². The first-order valence-corrected chi connectivity index (χ1v) is 12.5. The standard InChI is InChI=1S/C29H29N3O4/c1-33-26-9-5-8-22-24-17-23(21-10-11-25-27(16-21)35-19-34-25)30-32(24)29(36-28(22)26)12-14-31(15-13-29)18-20-6-3-2-4-7-20/h2-11,16-17,24,30H,12-15,18-19H2,1H3/t24-/m1/s1. The molecule has 184 valence electrons. The van der Waals surface area contributed by atoms with E-state index >= 15 is 0 Å². The highest BCUT2D eigenvalue weighted by molar-refractivity contribution is 5.70. The van der Waals surface area contributed by atoms with Crippen LogP contribution in [0.25, 0.3) is 5.70 Å². The molecular weight excluding hydrogens is 454 g/mol. The lowest BCUT2D eigenvalue weighted by Crippen LogP contribution is -2.63. The molecular formula is C29H29N3O4. The van der Waals surface area contributed by atoms with Crippen molar-refractivity contribution in [3.8, 4) is 23.0 Å². The first kappa shape index (κ1) is 21.6. The van der Waals surface area contributed by atoms with Crippen molar-refractivity contribution in [3.63, 3.8) is 0 Å². The van der Waals surface area contributed by atoms with Crippen LogP contribution in [0.3, 0.4) is 0 Å². The molecule has 4 aliphatic rings. The van der Waals surface area contributed by atoms with Crippen molar-refractivity contribution < 1.29 is 18.9 Å². The van der Waals surface area contributed by atoms with E-state index in [1.54, 1.807) is 7.11 Å². The van der Waals surface area contributed by atoms with E-state index in [4.69, 9.17) is 18.9 Å². The molecule has 3 aromatic carbocycles. The lowest BCUT2D eigenvalue weighted by Gasteiger charge is -2.52. The fraction of sp³-hybridized carbons (Fsp3) is 0.310. The molecule has 1 N–H and O–H groups in total. The molecule has 0 unspecified atom stereocenters. The Morgan fingerprint density at radius 3 is 2.64 bits per heavy atom. The van der Waals surface area contributed by atoms with Crippen molar-refractivity contribution in [1.29, 1.82) is 0 Å². The molecule has 7 rings (SSSR count). The van der Waals surface area contributed by atoms with Crippen molar-refractivity contribution in [2.75, 3.05) is 27.0 Å². The van der Waals surface area contributed by atoms with E-state index < -0.39 is 5.72 Å². The average Bonchev–Trinajstić information content (AvgIpc) is 3.58. The molecule has 0 radical (unpaired) electrons. The third-order valence-corrected chi connectivity index (χ3v) is 7.69. The van der Waals surface area contributed by atoms with E-state index in [1.165, 1.54) is 5.56 Å². The molecule has 36 heavy (non-hydrogen) atoms. The number of nitrogens with zero attached hydrogens (tertiary/aromatic N) is 2. The fourth-order valence-corrected chi connectivity index (χ4v) is 5.80. The van der Waals surface area contributed by atoms with Crippen LogP contribution in [0.5, 0.6) is 23.0 Å². The van der Waals surface area contributed by atoms with Gasteiger partial charge in [-0.25, -0.2) is 0 Å². The summed E-state index contributed by atoms with van der Waals surface area (Å²) in [6.07, 6.45) is 4.04. The van der Waals surface area contributed by atoms with Gasteiger partial charge >= 0.3 is 0 Å². The summed E-state index contributed by atoms with van der Waals surface area (Å²) >= 11 is 0. The van der Waals surface area contributed by atoms with Gasteiger partial charge in [0.1, 0.15) is 0 Å². The molecule has 7 heteroatoms. The van der Waals surface area contributed by atoms with Crippen LogP contribution in [0.2, 0.25) is 0 Å². The number of ether oxygens (including phenoxy) is 4. The van der Waals surface area contributed by atoms with Crippen molar-refractivity contribution in [1.82, 2.24) is 15.3 Å². The first-order valence-electron chi connectivity index (χ1n) is 12.5. The van der Waals surface area contributed by atoms with Crippen LogP contribution in [-0.2, 0) is 6.54 Å². The molecule has 4 heterocycles. The van der Waals surface area contributed by atoms with Gasteiger partial charge in [0.2, 0.25) is 6.79 Å². The second-order valence-corrected chi connectivity index (χ2v) is 9.76. The van der Waals surface area contributed by atoms with Crippen molar-refractivity contribution in [2.45, 2.75) is 31.2 Å². The second-order valence-electron chi connectivity index (χ2n) is 9.76. The molecule has 0 aromatic heterocycles. The summed E-state index contributed by atoms with van der Waals surface area (Å²) < 4.78 is 23.8. The second kappa shape index (κ2) is 8.47. The van der Waals surface area contributed by atoms with Gasteiger partial charge in [0.15, 0.2) is 28.7 Å². The van der Waals surface area contributed by atoms with Crippen LogP contribution >= 0.6 is 0 Å². The van der Waals surface area contributed by atoms with Crippen LogP contribution in [0.15, 0.2) is 72.8 Å². The lowest BCUT2D eigenvalue weighted by molar-refractivity contribution is -0.161. The number of benzene rings is 3. The SMILES string of the molecule is COc1cccc2c1OC1(CCN(Cc3ccccc3)CC1)N1NC(c3ccc4c(c3)OCO4)=C[C@H]21. The molecule has 1 atom stereocenters. The Kier molecular flexibility index (Phi) is 5.08. The number of piperidine rings is 1. The van der Waals surface area contributed by atoms with Crippen LogP contribution in [0, 0.1) is 0 Å². The van der Waals surface area contributed by atoms with Gasteiger partial charge in [0.25, 0.3) is 0 Å². The maximum absolute atomic E-state index is 6.89. The topological polar surface area (TPSA) is 55.4 Å². The minimum absolute atomic E-state index is 0.0324. The van der Waals surface area contributed by atoms with Gasteiger partial charge < -0.3 is 24.4 Å². The molecule has 0 amide bonds. The van der Waals surface area contributed by atoms with Crippen molar-refractivity contribution >= 4 is 5.70 Å². The van der Waals surface area contributed by atoms with Crippen molar-refractivity contribution in [3.05, 3.63) is 89.5 Å². The number of hydrogen-bond donors (Lipinski definition) is 1. The number of methoxy groups -OCH3 is 1. The third kappa shape index (κ3) is 3.50. The quantitative estimate of drug-likeness (QED) is 0.577. The normalized spacial score (nSPS) is 21.8.